The van der Waals surface area contributed by atoms with Crippen molar-refractivity contribution >= 4 is 40.9 Å². The van der Waals surface area contributed by atoms with E-state index in [0.29, 0.717) is 36.0 Å². The Morgan fingerprint density at radius 2 is 2.00 bits per heavy atom. The number of fused-ring (bicyclic) bond motifs is 1. The second kappa shape index (κ2) is 8.11. The highest BCUT2D eigenvalue weighted by molar-refractivity contribution is 6.31. The zero-order valence-corrected chi connectivity index (χ0v) is 17.7. The van der Waals surface area contributed by atoms with Crippen molar-refractivity contribution < 1.29 is 4.74 Å². The number of nitrogens with two attached hydrogens (primary N) is 1. The molecular formula is C19H24Cl2N6O. The fraction of sp³-hybridized carbons (Fsp3) is 0.421. The van der Waals surface area contributed by atoms with Gasteiger partial charge in [0, 0.05) is 36.0 Å². The van der Waals surface area contributed by atoms with Crippen LogP contribution in [0.4, 0.5) is 5.82 Å². The summed E-state index contributed by atoms with van der Waals surface area (Å²) in [6.45, 7) is 5.84. The molecular weight excluding hydrogens is 399 g/mol. The van der Waals surface area contributed by atoms with Crippen LogP contribution >= 0.6 is 24.0 Å². The van der Waals surface area contributed by atoms with Crippen LogP contribution in [0.2, 0.25) is 5.02 Å². The molecule has 28 heavy (non-hydrogen) atoms. The molecule has 1 aliphatic rings. The first-order valence-electron chi connectivity index (χ1n) is 9.03. The number of hydrogen-bond acceptors (Lipinski definition) is 6. The van der Waals surface area contributed by atoms with Crippen molar-refractivity contribution in [1.29, 1.82) is 0 Å². The van der Waals surface area contributed by atoms with Crippen molar-refractivity contribution in [2.75, 3.05) is 25.9 Å². The Labute approximate surface area is 174 Å². The monoisotopic (exact) mass is 422 g/mol. The van der Waals surface area contributed by atoms with Crippen molar-refractivity contribution in [3.63, 3.8) is 0 Å². The Morgan fingerprint density at radius 3 is 2.64 bits per heavy atom. The summed E-state index contributed by atoms with van der Waals surface area (Å²) in [6, 6.07) is 1.99. The summed E-state index contributed by atoms with van der Waals surface area (Å²) < 4.78 is 5.79. The lowest BCUT2D eigenvalue weighted by Crippen LogP contribution is -2.40. The molecule has 0 aliphatic carbocycles. The van der Waals surface area contributed by atoms with E-state index in [1.807, 2.05) is 13.0 Å². The van der Waals surface area contributed by atoms with Crippen LogP contribution in [0.5, 0.6) is 5.75 Å². The molecule has 0 atom stereocenters. The Bertz CT molecular complexity index is 1020. The van der Waals surface area contributed by atoms with E-state index in [0.717, 1.165) is 46.1 Å². The third-order valence-corrected chi connectivity index (χ3v) is 5.68. The number of ether oxygens (including phenoxy) is 1. The predicted molar refractivity (Wildman–Crippen MR) is 114 cm³/mol. The number of benzene rings is 1. The van der Waals surface area contributed by atoms with Crippen LogP contribution < -0.4 is 15.8 Å². The van der Waals surface area contributed by atoms with Crippen LogP contribution in [0, 0.1) is 13.8 Å². The number of aromatic amines is 1. The molecule has 0 saturated carbocycles. The van der Waals surface area contributed by atoms with Gasteiger partial charge in [0.05, 0.1) is 18.2 Å². The molecule has 0 amide bonds. The molecule has 3 heterocycles. The fourth-order valence-electron chi connectivity index (χ4n) is 3.72. The number of methoxy groups -OCH3 is 1. The van der Waals surface area contributed by atoms with E-state index in [4.69, 9.17) is 22.1 Å². The van der Waals surface area contributed by atoms with Gasteiger partial charge in [-0.15, -0.1) is 12.4 Å². The lowest BCUT2D eigenvalue weighted by Gasteiger charge is -2.31. The van der Waals surface area contributed by atoms with E-state index in [2.05, 4.69) is 32.4 Å². The summed E-state index contributed by atoms with van der Waals surface area (Å²) >= 11 is 6.52. The minimum atomic E-state index is 0. The van der Waals surface area contributed by atoms with Crippen LogP contribution in [0.3, 0.4) is 0 Å². The van der Waals surface area contributed by atoms with Gasteiger partial charge < -0.3 is 15.8 Å². The SMILES string of the molecule is COc1c(CCc2nc(N)c3c(C)n[nH]c3n2)cc(Cl)c(C)c1C1CNC1.Cl. The number of halogens is 2. The largest absolute Gasteiger partial charge is 0.496 e. The predicted octanol–water partition coefficient (Wildman–Crippen LogP) is 3.11. The summed E-state index contributed by atoms with van der Waals surface area (Å²) in [5.74, 6) is 2.49. The van der Waals surface area contributed by atoms with Gasteiger partial charge in [-0.1, -0.05) is 11.6 Å². The molecule has 150 valence electrons. The highest BCUT2D eigenvalue weighted by atomic mass is 35.5. The number of rotatable bonds is 5. The number of nitrogens with one attached hydrogen (secondary N) is 2. The smallest absolute Gasteiger partial charge is 0.161 e. The number of anilines is 1. The summed E-state index contributed by atoms with van der Waals surface area (Å²) in [4.78, 5) is 9.01. The van der Waals surface area contributed by atoms with Crippen LogP contribution in [-0.2, 0) is 12.8 Å². The quantitative estimate of drug-likeness (QED) is 0.583. The average Bonchev–Trinajstić information content (AvgIpc) is 2.97. The molecule has 9 heteroatoms. The number of aromatic nitrogens is 4. The van der Waals surface area contributed by atoms with Gasteiger partial charge in [0.25, 0.3) is 0 Å². The molecule has 3 aromatic rings. The maximum atomic E-state index is 6.52. The zero-order valence-electron chi connectivity index (χ0n) is 16.1. The standard InChI is InChI=1S/C19H23ClN6O.ClH/c1-9-13(20)6-11(17(27-3)15(9)12-7-22-8-12)4-5-14-23-18(21)16-10(2)25-26-19(16)24-14;/h6,12,22H,4-5,7-8H2,1-3H3,(H3,21,23,24,25,26);1H. The third kappa shape index (κ3) is 3.50. The second-order valence-corrected chi connectivity index (χ2v) is 7.41. The molecule has 2 aromatic heterocycles. The summed E-state index contributed by atoms with van der Waals surface area (Å²) in [5.41, 5.74) is 10.9. The summed E-state index contributed by atoms with van der Waals surface area (Å²) in [5, 5.41) is 11.9. The van der Waals surface area contributed by atoms with E-state index < -0.39 is 0 Å². The van der Waals surface area contributed by atoms with Gasteiger partial charge in [-0.25, -0.2) is 9.97 Å². The number of H-pyrrole nitrogens is 1. The second-order valence-electron chi connectivity index (χ2n) is 7.00. The minimum absolute atomic E-state index is 0. The van der Waals surface area contributed by atoms with Crippen LogP contribution in [0.1, 0.15) is 34.1 Å². The molecule has 0 bridgehead atoms. The van der Waals surface area contributed by atoms with E-state index in [9.17, 15) is 0 Å². The molecule has 4 N–H and O–H groups in total. The van der Waals surface area contributed by atoms with E-state index >= 15 is 0 Å². The third-order valence-electron chi connectivity index (χ3n) is 5.29. The normalized spacial score (nSPS) is 14.0. The fourth-order valence-corrected chi connectivity index (χ4v) is 3.96. The van der Waals surface area contributed by atoms with Crippen molar-refractivity contribution in [1.82, 2.24) is 25.5 Å². The number of hydrogen-bond donors (Lipinski definition) is 3. The number of aryl methyl sites for hydroxylation is 3. The van der Waals surface area contributed by atoms with Gasteiger partial charge in [-0.2, -0.15) is 5.10 Å². The summed E-state index contributed by atoms with van der Waals surface area (Å²) in [7, 11) is 1.72. The molecule has 1 fully saturated rings. The molecule has 0 unspecified atom stereocenters. The van der Waals surface area contributed by atoms with E-state index in [-0.39, 0.29) is 12.4 Å². The molecule has 0 spiro atoms. The van der Waals surface area contributed by atoms with Crippen LogP contribution in [-0.4, -0.2) is 40.4 Å². The van der Waals surface area contributed by atoms with Gasteiger partial charge in [0.15, 0.2) is 5.65 Å². The number of nitrogen functional groups attached to an aromatic ring is 1. The Hall–Kier alpha value is -2.09. The van der Waals surface area contributed by atoms with E-state index in [1.54, 1.807) is 7.11 Å². The lowest BCUT2D eigenvalue weighted by atomic mass is 9.87. The van der Waals surface area contributed by atoms with Gasteiger partial charge in [0.2, 0.25) is 0 Å². The average molecular weight is 423 g/mol. The van der Waals surface area contributed by atoms with Crippen molar-refractivity contribution in [2.45, 2.75) is 32.6 Å². The van der Waals surface area contributed by atoms with Crippen molar-refractivity contribution in [2.24, 2.45) is 0 Å². The minimum Gasteiger partial charge on any atom is -0.496 e. The maximum absolute atomic E-state index is 6.52. The Morgan fingerprint density at radius 1 is 1.25 bits per heavy atom. The first-order valence-corrected chi connectivity index (χ1v) is 9.41. The number of nitrogens with zero attached hydrogens (tertiary/aromatic N) is 3. The topological polar surface area (TPSA) is 102 Å². The summed E-state index contributed by atoms with van der Waals surface area (Å²) in [6.07, 6.45) is 1.35. The van der Waals surface area contributed by atoms with Crippen molar-refractivity contribution in [3.05, 3.63) is 39.3 Å². The first-order chi connectivity index (χ1) is 13.0. The molecule has 0 radical (unpaired) electrons. The Kier molecular flexibility index (Phi) is 5.98. The van der Waals surface area contributed by atoms with Gasteiger partial charge >= 0.3 is 0 Å². The molecule has 7 nitrogen and oxygen atoms in total. The van der Waals surface area contributed by atoms with Gasteiger partial charge in [0.1, 0.15) is 17.4 Å². The highest BCUT2D eigenvalue weighted by Gasteiger charge is 2.27. The highest BCUT2D eigenvalue weighted by Crippen LogP contribution is 2.39. The molecule has 1 aromatic carbocycles. The zero-order chi connectivity index (χ0) is 19.1. The molecule has 4 rings (SSSR count). The van der Waals surface area contributed by atoms with E-state index in [1.165, 1.54) is 5.56 Å². The maximum Gasteiger partial charge on any atom is 0.161 e. The van der Waals surface area contributed by atoms with Crippen molar-refractivity contribution in [3.8, 4) is 5.75 Å². The molecule has 1 saturated heterocycles. The Balaban J connectivity index is 0.00000225. The van der Waals surface area contributed by atoms with Crippen LogP contribution in [0.25, 0.3) is 11.0 Å². The molecule has 1 aliphatic heterocycles. The lowest BCUT2D eigenvalue weighted by molar-refractivity contribution is 0.380. The van der Waals surface area contributed by atoms with Gasteiger partial charge in [-0.3, -0.25) is 5.10 Å². The van der Waals surface area contributed by atoms with Gasteiger partial charge in [-0.05, 0) is 37.5 Å². The first kappa shape index (κ1) is 20.6. The van der Waals surface area contributed by atoms with Crippen LogP contribution in [0.15, 0.2) is 6.07 Å².